The predicted octanol–water partition coefficient (Wildman–Crippen LogP) is 5.01. The summed E-state index contributed by atoms with van der Waals surface area (Å²) < 4.78 is 82.7. The summed E-state index contributed by atoms with van der Waals surface area (Å²) in [5.74, 6) is -1.44. The Balaban J connectivity index is 1.55. The van der Waals surface area contributed by atoms with Crippen LogP contribution in [0.3, 0.4) is 0 Å². The fourth-order valence-electron chi connectivity index (χ4n) is 3.29. The van der Waals surface area contributed by atoms with Crippen LogP contribution in [0.15, 0.2) is 61.1 Å². The van der Waals surface area contributed by atoms with Crippen molar-refractivity contribution in [2.45, 2.75) is 11.9 Å². The average Bonchev–Trinajstić information content (AvgIpc) is 3.17. The Morgan fingerprint density at radius 2 is 1.89 bits per heavy atom. The number of hydrogen-bond donors (Lipinski definition) is 1. The van der Waals surface area contributed by atoms with Gasteiger partial charge >= 0.3 is 12.2 Å². The lowest BCUT2D eigenvalue weighted by Gasteiger charge is -2.13. The van der Waals surface area contributed by atoms with E-state index in [1.807, 2.05) is 0 Å². The van der Waals surface area contributed by atoms with Gasteiger partial charge in [0.15, 0.2) is 15.7 Å². The second-order valence-corrected chi connectivity index (χ2v) is 9.66. The van der Waals surface area contributed by atoms with Crippen molar-refractivity contribution in [1.82, 2.24) is 14.5 Å². The highest BCUT2D eigenvalue weighted by molar-refractivity contribution is 7.89. The zero-order valence-corrected chi connectivity index (χ0v) is 18.7. The molecule has 0 aliphatic rings. The molecule has 0 bridgehead atoms. The highest BCUT2D eigenvalue weighted by Gasteiger charge is 2.35. The predicted molar refractivity (Wildman–Crippen MR) is 118 cm³/mol. The molecule has 35 heavy (non-hydrogen) atoms. The molecule has 0 fully saturated rings. The number of benzene rings is 2. The standard InChI is InChI=1S/C22H16F4N4O4S/c1-35(32,33)11-14-10-19(28-12-27-14)34-15-5-6-18-13(9-15)7-8-30(18)21(31)29-17-4-2-3-16(20(17)23)22(24,25)26/h2-10,12H,11H2,1H3,(H,29,31). The van der Waals surface area contributed by atoms with E-state index in [2.05, 4.69) is 15.3 Å². The highest BCUT2D eigenvalue weighted by atomic mass is 32.2. The largest absolute Gasteiger partial charge is 0.439 e. The molecule has 8 nitrogen and oxygen atoms in total. The third-order valence-electron chi connectivity index (χ3n) is 4.76. The monoisotopic (exact) mass is 508 g/mol. The fraction of sp³-hybridized carbons (Fsp3) is 0.136. The Bertz CT molecular complexity index is 1530. The van der Waals surface area contributed by atoms with Gasteiger partial charge < -0.3 is 10.1 Å². The molecular formula is C22H16F4N4O4S. The summed E-state index contributed by atoms with van der Waals surface area (Å²) in [6.45, 7) is 0. The van der Waals surface area contributed by atoms with Gasteiger partial charge in [-0.05, 0) is 36.4 Å². The fourth-order valence-corrected chi connectivity index (χ4v) is 3.98. The van der Waals surface area contributed by atoms with Crippen molar-refractivity contribution < 1.29 is 35.5 Å². The van der Waals surface area contributed by atoms with Crippen LogP contribution in [0.4, 0.5) is 28.0 Å². The number of carbonyl (C=O) groups is 1. The molecule has 0 spiro atoms. The maximum atomic E-state index is 14.3. The molecule has 0 aliphatic heterocycles. The van der Waals surface area contributed by atoms with Gasteiger partial charge in [-0.2, -0.15) is 13.2 Å². The van der Waals surface area contributed by atoms with Gasteiger partial charge in [0.2, 0.25) is 5.88 Å². The first kappa shape index (κ1) is 24.1. The number of alkyl halides is 3. The van der Waals surface area contributed by atoms with Gasteiger partial charge in [0.1, 0.15) is 12.1 Å². The lowest BCUT2D eigenvalue weighted by Crippen LogP contribution is -2.20. The van der Waals surface area contributed by atoms with Crippen LogP contribution in [0.1, 0.15) is 11.3 Å². The van der Waals surface area contributed by atoms with Gasteiger partial charge in [-0.3, -0.25) is 4.57 Å². The molecule has 0 saturated carbocycles. The summed E-state index contributed by atoms with van der Waals surface area (Å²) >= 11 is 0. The van der Waals surface area contributed by atoms with Crippen LogP contribution >= 0.6 is 0 Å². The minimum absolute atomic E-state index is 0.107. The Morgan fingerprint density at radius 3 is 2.60 bits per heavy atom. The third-order valence-corrected chi connectivity index (χ3v) is 5.58. The van der Waals surface area contributed by atoms with Crippen LogP contribution in [0.2, 0.25) is 0 Å². The molecule has 182 valence electrons. The second kappa shape index (κ2) is 8.98. The first-order valence-corrected chi connectivity index (χ1v) is 11.9. The lowest BCUT2D eigenvalue weighted by atomic mass is 10.2. The van der Waals surface area contributed by atoms with E-state index in [1.165, 1.54) is 30.7 Å². The van der Waals surface area contributed by atoms with Crippen molar-refractivity contribution in [2.75, 3.05) is 11.6 Å². The number of halogens is 4. The van der Waals surface area contributed by atoms with E-state index in [-0.39, 0.29) is 17.3 Å². The summed E-state index contributed by atoms with van der Waals surface area (Å²) in [6.07, 6.45) is -1.30. The minimum Gasteiger partial charge on any atom is -0.439 e. The zero-order valence-electron chi connectivity index (χ0n) is 17.9. The summed E-state index contributed by atoms with van der Waals surface area (Å²) in [4.78, 5) is 20.5. The molecule has 4 rings (SSSR count). The summed E-state index contributed by atoms with van der Waals surface area (Å²) in [5.41, 5.74) is -1.47. The summed E-state index contributed by atoms with van der Waals surface area (Å²) in [5, 5.41) is 2.68. The molecule has 0 radical (unpaired) electrons. The number of nitrogens with one attached hydrogen (secondary N) is 1. The third kappa shape index (κ3) is 5.57. The van der Waals surface area contributed by atoms with Crippen LogP contribution < -0.4 is 10.1 Å². The Morgan fingerprint density at radius 1 is 1.11 bits per heavy atom. The van der Waals surface area contributed by atoms with Crippen molar-refractivity contribution in [2.24, 2.45) is 0 Å². The molecule has 1 N–H and O–H groups in total. The zero-order chi connectivity index (χ0) is 25.4. The van der Waals surface area contributed by atoms with Crippen molar-refractivity contribution in [3.63, 3.8) is 0 Å². The van der Waals surface area contributed by atoms with Crippen molar-refractivity contribution in [3.05, 3.63) is 78.1 Å². The SMILES string of the molecule is CS(=O)(=O)Cc1cc(Oc2ccc3c(ccn3C(=O)Nc3cccc(C(F)(F)F)c3F)c2)ncn1. The van der Waals surface area contributed by atoms with E-state index in [0.29, 0.717) is 22.7 Å². The second-order valence-electron chi connectivity index (χ2n) is 7.52. The van der Waals surface area contributed by atoms with Crippen LogP contribution in [0.5, 0.6) is 11.6 Å². The van der Waals surface area contributed by atoms with E-state index >= 15 is 0 Å². The van der Waals surface area contributed by atoms with Crippen LogP contribution in [0, 0.1) is 5.82 Å². The molecular weight excluding hydrogens is 492 g/mol. The highest BCUT2D eigenvalue weighted by Crippen LogP contribution is 2.34. The van der Waals surface area contributed by atoms with Crippen molar-refractivity contribution in [1.29, 1.82) is 0 Å². The molecule has 0 unspecified atom stereocenters. The Hall–Kier alpha value is -4.00. The van der Waals surface area contributed by atoms with Gasteiger partial charge in [-0.1, -0.05) is 6.07 Å². The van der Waals surface area contributed by atoms with Crippen molar-refractivity contribution in [3.8, 4) is 11.6 Å². The average molecular weight is 508 g/mol. The molecule has 0 saturated heterocycles. The first-order chi connectivity index (χ1) is 16.4. The number of rotatable bonds is 5. The number of amides is 1. The maximum Gasteiger partial charge on any atom is 0.419 e. The van der Waals surface area contributed by atoms with E-state index in [4.69, 9.17) is 4.74 Å². The van der Waals surface area contributed by atoms with Crippen LogP contribution in [-0.2, 0) is 21.8 Å². The van der Waals surface area contributed by atoms with Gasteiger partial charge in [0.05, 0.1) is 28.2 Å². The quantitative estimate of drug-likeness (QED) is 0.381. The van der Waals surface area contributed by atoms with Crippen LogP contribution in [0.25, 0.3) is 10.9 Å². The summed E-state index contributed by atoms with van der Waals surface area (Å²) in [7, 11) is -3.30. The number of fused-ring (bicyclic) bond motifs is 1. The van der Waals surface area contributed by atoms with Crippen molar-refractivity contribution >= 4 is 32.5 Å². The van der Waals surface area contributed by atoms with Gasteiger partial charge in [-0.25, -0.2) is 27.6 Å². The number of aromatic nitrogens is 3. The first-order valence-electron chi connectivity index (χ1n) is 9.85. The molecule has 0 atom stereocenters. The van der Waals surface area contributed by atoms with E-state index < -0.39 is 39.1 Å². The van der Waals surface area contributed by atoms with E-state index in [1.54, 1.807) is 12.1 Å². The maximum absolute atomic E-state index is 14.3. The molecule has 2 aromatic carbocycles. The number of nitrogens with zero attached hydrogens (tertiary/aromatic N) is 3. The van der Waals surface area contributed by atoms with Crippen LogP contribution in [-0.4, -0.2) is 35.2 Å². The molecule has 4 aromatic rings. The van der Waals surface area contributed by atoms with Gasteiger partial charge in [-0.15, -0.1) is 0 Å². The topological polar surface area (TPSA) is 103 Å². The molecule has 1 amide bonds. The van der Waals surface area contributed by atoms with Gasteiger partial charge in [0, 0.05) is 23.9 Å². The number of hydrogen-bond acceptors (Lipinski definition) is 6. The van der Waals surface area contributed by atoms with Gasteiger partial charge in [0.25, 0.3) is 0 Å². The number of ether oxygens (including phenoxy) is 1. The Labute approximate surface area is 196 Å². The molecule has 2 heterocycles. The molecule has 13 heteroatoms. The number of carbonyl (C=O) groups excluding carboxylic acids is 1. The number of sulfone groups is 1. The lowest BCUT2D eigenvalue weighted by molar-refractivity contribution is -0.139. The Kier molecular flexibility index (Phi) is 6.19. The molecule has 0 aliphatic carbocycles. The number of anilines is 1. The van der Waals surface area contributed by atoms with E-state index in [0.717, 1.165) is 23.0 Å². The summed E-state index contributed by atoms with van der Waals surface area (Å²) in [6, 6.07) is 9.27. The van der Waals surface area contributed by atoms with E-state index in [9.17, 15) is 30.8 Å². The molecule has 2 aromatic heterocycles. The normalized spacial score (nSPS) is 12.0. The smallest absolute Gasteiger partial charge is 0.419 e. The minimum atomic E-state index is -4.91.